The van der Waals surface area contributed by atoms with Crippen LogP contribution in [0.15, 0.2) is 48.3 Å². The van der Waals surface area contributed by atoms with Crippen LogP contribution in [-0.4, -0.2) is 12.1 Å². The molecule has 0 radical (unpaired) electrons. The van der Waals surface area contributed by atoms with Crippen molar-refractivity contribution in [1.82, 2.24) is 0 Å². The molecule has 178 valence electrons. The Balaban J connectivity index is 1.37. The van der Waals surface area contributed by atoms with Crippen molar-refractivity contribution in [2.45, 2.75) is 96.0 Å². The molecule has 3 nitrogen and oxygen atoms in total. The lowest BCUT2D eigenvalue weighted by atomic mass is 9.78. The van der Waals surface area contributed by atoms with Crippen molar-refractivity contribution in [1.29, 1.82) is 5.26 Å². The molecule has 2 aliphatic rings. The lowest BCUT2D eigenvalue weighted by molar-refractivity contribution is -0.157. The molecule has 1 aromatic rings. The first-order valence-electron chi connectivity index (χ1n) is 12.8. The molecule has 0 aliphatic heterocycles. The number of allylic oxidation sites excluding steroid dienone is 4. The maximum Gasteiger partial charge on any atom is 0.309 e. The van der Waals surface area contributed by atoms with Crippen molar-refractivity contribution in [2.75, 3.05) is 0 Å². The van der Waals surface area contributed by atoms with E-state index in [1.54, 1.807) is 6.08 Å². The van der Waals surface area contributed by atoms with E-state index in [1.807, 2.05) is 6.08 Å². The largest absolute Gasteiger partial charge is 0.462 e. The quantitative estimate of drug-likeness (QED) is 0.167. The molecule has 0 bridgehead atoms. The maximum absolute atomic E-state index is 12.8. The average Bonchev–Trinajstić information content (AvgIpc) is 2.85. The number of carbonyl (C=O) groups excluding carboxylic acids is 1. The molecule has 0 aromatic heterocycles. The van der Waals surface area contributed by atoms with Gasteiger partial charge in [0.15, 0.2) is 5.83 Å². The Morgan fingerprint density at radius 1 is 1.06 bits per heavy atom. The van der Waals surface area contributed by atoms with Gasteiger partial charge in [0.1, 0.15) is 12.2 Å². The molecule has 4 heteroatoms. The summed E-state index contributed by atoms with van der Waals surface area (Å²) in [5.41, 5.74) is 2.84. The summed E-state index contributed by atoms with van der Waals surface area (Å²) in [5, 5.41) is 8.44. The van der Waals surface area contributed by atoms with Crippen LogP contribution in [0.3, 0.4) is 0 Å². The molecule has 0 saturated heterocycles. The fourth-order valence-electron chi connectivity index (χ4n) is 5.19. The highest BCUT2D eigenvalue weighted by Crippen LogP contribution is 2.37. The van der Waals surface area contributed by atoms with Crippen LogP contribution in [-0.2, 0) is 16.0 Å². The van der Waals surface area contributed by atoms with Crippen LogP contribution in [0.5, 0.6) is 0 Å². The standard InChI is InChI=1S/C29H38FNO2/c1-2-3-4-6-22-9-13-24(14-10-22)25-15-17-26(18-16-25)29(32)33-28-19-11-23(12-20-28)7-5-8-27(30)21-31/h5,7-10,13-14,23,25-26,28H,2-4,6,11-12,15-20H2,1H3/b7-5+,27-8?. The molecule has 1 aromatic carbocycles. The smallest absolute Gasteiger partial charge is 0.309 e. The van der Waals surface area contributed by atoms with Gasteiger partial charge in [-0.15, -0.1) is 0 Å². The molecule has 3 rings (SSSR count). The summed E-state index contributed by atoms with van der Waals surface area (Å²) in [4.78, 5) is 12.7. The monoisotopic (exact) mass is 451 g/mol. The number of nitrogens with zero attached hydrogens (tertiary/aromatic N) is 1. The zero-order valence-corrected chi connectivity index (χ0v) is 20.0. The van der Waals surface area contributed by atoms with Crippen LogP contribution >= 0.6 is 0 Å². The summed E-state index contributed by atoms with van der Waals surface area (Å²) in [6, 6.07) is 10.6. The number of benzene rings is 1. The SMILES string of the molecule is CCCCCc1ccc(C2CCC(C(=O)OC3CCC(/C=C/C=C(F)C#N)CC3)CC2)cc1. The lowest BCUT2D eigenvalue weighted by Gasteiger charge is -2.31. The zero-order chi connectivity index (χ0) is 23.5. The summed E-state index contributed by atoms with van der Waals surface area (Å²) < 4.78 is 18.7. The van der Waals surface area contributed by atoms with Gasteiger partial charge in [0.05, 0.1) is 5.92 Å². The number of nitriles is 1. The van der Waals surface area contributed by atoms with E-state index < -0.39 is 5.83 Å². The molecule has 0 atom stereocenters. The average molecular weight is 452 g/mol. The summed E-state index contributed by atoms with van der Waals surface area (Å²) in [6.45, 7) is 2.24. The van der Waals surface area contributed by atoms with E-state index in [4.69, 9.17) is 10.00 Å². The van der Waals surface area contributed by atoms with Gasteiger partial charge in [-0.25, -0.2) is 0 Å². The number of unbranched alkanes of at least 4 members (excludes halogenated alkanes) is 2. The van der Waals surface area contributed by atoms with Gasteiger partial charge in [-0.05, 0) is 93.2 Å². The number of hydrogen-bond acceptors (Lipinski definition) is 3. The Bertz CT molecular complexity index is 835. The first kappa shape index (κ1) is 25.2. The lowest BCUT2D eigenvalue weighted by Crippen LogP contribution is -2.29. The van der Waals surface area contributed by atoms with Crippen LogP contribution in [0, 0.1) is 23.2 Å². The van der Waals surface area contributed by atoms with Gasteiger partial charge in [0.25, 0.3) is 0 Å². The molecule has 0 spiro atoms. The zero-order valence-electron chi connectivity index (χ0n) is 20.0. The van der Waals surface area contributed by atoms with Crippen LogP contribution in [0.1, 0.15) is 94.6 Å². The molecule has 0 amide bonds. The number of rotatable bonds is 9. The van der Waals surface area contributed by atoms with E-state index >= 15 is 0 Å². The number of hydrogen-bond donors (Lipinski definition) is 0. The summed E-state index contributed by atoms with van der Waals surface area (Å²) in [7, 11) is 0. The van der Waals surface area contributed by atoms with E-state index in [0.29, 0.717) is 11.8 Å². The third kappa shape index (κ3) is 8.14. The van der Waals surface area contributed by atoms with Gasteiger partial charge < -0.3 is 4.74 Å². The molecular formula is C29H38FNO2. The topological polar surface area (TPSA) is 50.1 Å². The Kier molecular flexibility index (Phi) is 10.2. The van der Waals surface area contributed by atoms with E-state index in [0.717, 1.165) is 51.4 Å². The van der Waals surface area contributed by atoms with Crippen LogP contribution in [0.25, 0.3) is 0 Å². The van der Waals surface area contributed by atoms with Gasteiger partial charge >= 0.3 is 5.97 Å². The minimum atomic E-state index is -0.775. The number of ether oxygens (including phenoxy) is 1. The Morgan fingerprint density at radius 2 is 1.76 bits per heavy atom. The van der Waals surface area contributed by atoms with Crippen molar-refractivity contribution in [2.24, 2.45) is 11.8 Å². The van der Waals surface area contributed by atoms with Crippen molar-refractivity contribution in [3.63, 3.8) is 0 Å². The number of esters is 1. The molecule has 0 unspecified atom stereocenters. The minimum absolute atomic E-state index is 0.00603. The Morgan fingerprint density at radius 3 is 2.39 bits per heavy atom. The second-order valence-corrected chi connectivity index (χ2v) is 9.73. The third-order valence-electron chi connectivity index (χ3n) is 7.31. The fourth-order valence-corrected chi connectivity index (χ4v) is 5.19. The van der Waals surface area contributed by atoms with E-state index in [9.17, 15) is 9.18 Å². The summed E-state index contributed by atoms with van der Waals surface area (Å²) >= 11 is 0. The highest BCUT2D eigenvalue weighted by atomic mass is 19.1. The van der Waals surface area contributed by atoms with E-state index in [2.05, 4.69) is 31.2 Å². The molecule has 33 heavy (non-hydrogen) atoms. The van der Waals surface area contributed by atoms with Gasteiger partial charge in [0, 0.05) is 0 Å². The Hall–Kier alpha value is -2.41. The Labute approximate surface area is 198 Å². The van der Waals surface area contributed by atoms with Gasteiger partial charge in [-0.3, -0.25) is 4.79 Å². The molecular weight excluding hydrogens is 413 g/mol. The normalized spacial score (nSPS) is 26.2. The maximum atomic E-state index is 12.8. The number of carbonyl (C=O) groups is 1. The first-order valence-corrected chi connectivity index (χ1v) is 12.8. The van der Waals surface area contributed by atoms with Crippen molar-refractivity contribution < 1.29 is 13.9 Å². The summed E-state index contributed by atoms with van der Waals surface area (Å²) in [5.74, 6) is 0.157. The molecule has 2 saturated carbocycles. The van der Waals surface area contributed by atoms with Crippen LogP contribution < -0.4 is 0 Å². The van der Waals surface area contributed by atoms with Crippen LogP contribution in [0.2, 0.25) is 0 Å². The highest BCUT2D eigenvalue weighted by molar-refractivity contribution is 5.72. The van der Waals surface area contributed by atoms with Gasteiger partial charge in [0.2, 0.25) is 0 Å². The second-order valence-electron chi connectivity index (χ2n) is 9.73. The van der Waals surface area contributed by atoms with Gasteiger partial charge in [-0.2, -0.15) is 9.65 Å². The molecule has 2 aliphatic carbocycles. The number of halogens is 1. The first-order chi connectivity index (χ1) is 16.1. The third-order valence-corrected chi connectivity index (χ3v) is 7.31. The molecule has 2 fully saturated rings. The van der Waals surface area contributed by atoms with Crippen molar-refractivity contribution >= 4 is 5.97 Å². The van der Waals surface area contributed by atoms with E-state index in [-0.39, 0.29) is 18.0 Å². The predicted molar refractivity (Wildman–Crippen MR) is 130 cm³/mol. The second kappa shape index (κ2) is 13.3. The minimum Gasteiger partial charge on any atom is -0.462 e. The summed E-state index contributed by atoms with van der Waals surface area (Å²) in [6.07, 6.45) is 17.3. The van der Waals surface area contributed by atoms with Crippen molar-refractivity contribution in [3.05, 3.63) is 59.4 Å². The molecule has 0 heterocycles. The number of aryl methyl sites for hydroxylation is 1. The van der Waals surface area contributed by atoms with Gasteiger partial charge in [-0.1, -0.05) is 56.2 Å². The fraction of sp³-hybridized carbons (Fsp3) is 0.586. The van der Waals surface area contributed by atoms with Crippen molar-refractivity contribution in [3.8, 4) is 6.07 Å². The predicted octanol–water partition coefficient (Wildman–Crippen LogP) is 7.73. The highest BCUT2D eigenvalue weighted by Gasteiger charge is 2.30. The molecule has 0 N–H and O–H groups in total. The van der Waals surface area contributed by atoms with E-state index in [1.165, 1.54) is 49.0 Å². The van der Waals surface area contributed by atoms with Crippen LogP contribution in [0.4, 0.5) is 4.39 Å².